The summed E-state index contributed by atoms with van der Waals surface area (Å²) in [7, 11) is 0. The van der Waals surface area contributed by atoms with Gasteiger partial charge in [0, 0.05) is 8.95 Å². The van der Waals surface area contributed by atoms with Crippen molar-refractivity contribution in [2.45, 2.75) is 26.7 Å². The number of halogens is 2. The molecule has 0 radical (unpaired) electrons. The Kier molecular flexibility index (Phi) is 8.32. The van der Waals surface area contributed by atoms with Crippen LogP contribution in [-0.2, 0) is 9.59 Å². The van der Waals surface area contributed by atoms with Crippen molar-refractivity contribution in [3.8, 4) is 11.5 Å². The number of aryl methyl sites for hydroxylation is 1. The van der Waals surface area contributed by atoms with E-state index in [1.54, 1.807) is 12.1 Å². The fourth-order valence-corrected chi connectivity index (χ4v) is 2.91. The third-order valence-corrected chi connectivity index (χ3v) is 5.18. The molecule has 0 bridgehead atoms. The number of carbonyl (C=O) groups is 2. The van der Waals surface area contributed by atoms with Crippen LogP contribution in [0.5, 0.6) is 11.5 Å². The largest absolute Gasteiger partial charge is 0.484 e. The second-order valence-corrected chi connectivity index (χ2v) is 8.19. The number of carbonyl (C=O) groups excluding carboxylic acids is 2. The van der Waals surface area contributed by atoms with E-state index >= 15 is 0 Å². The van der Waals surface area contributed by atoms with Crippen LogP contribution in [0.3, 0.4) is 0 Å². The molecule has 2 N–H and O–H groups in total. The van der Waals surface area contributed by atoms with Gasteiger partial charge in [-0.3, -0.25) is 20.4 Å². The summed E-state index contributed by atoms with van der Waals surface area (Å²) < 4.78 is 12.9. The van der Waals surface area contributed by atoms with Gasteiger partial charge in [-0.2, -0.15) is 0 Å². The maximum Gasteiger partial charge on any atom is 0.276 e. The maximum atomic E-state index is 12.0. The number of hydrazine groups is 1. The monoisotopic (exact) mass is 512 g/mol. The molecule has 0 atom stereocenters. The van der Waals surface area contributed by atoms with Gasteiger partial charge in [-0.15, -0.1) is 0 Å². The minimum absolute atomic E-state index is 0.214. The normalized spacial score (nSPS) is 10.5. The van der Waals surface area contributed by atoms with E-state index in [9.17, 15) is 9.59 Å². The van der Waals surface area contributed by atoms with E-state index in [1.165, 1.54) is 0 Å². The van der Waals surface area contributed by atoms with Gasteiger partial charge < -0.3 is 9.47 Å². The predicted molar refractivity (Wildman–Crippen MR) is 114 cm³/mol. The highest BCUT2D eigenvalue weighted by Crippen LogP contribution is 2.32. The summed E-state index contributed by atoms with van der Waals surface area (Å²) in [6.07, 6.45) is 0. The molecule has 0 saturated heterocycles. The Bertz CT molecular complexity index is 839. The molecule has 0 spiro atoms. The Balaban J connectivity index is 1.79. The van der Waals surface area contributed by atoms with E-state index in [0.29, 0.717) is 11.5 Å². The number of nitrogens with one attached hydrogen (secondary N) is 2. The average molecular weight is 514 g/mol. The molecule has 0 aliphatic rings. The first-order valence-electron chi connectivity index (χ1n) is 8.65. The topological polar surface area (TPSA) is 76.7 Å². The second kappa shape index (κ2) is 10.5. The maximum absolute atomic E-state index is 12.0. The van der Waals surface area contributed by atoms with Crippen LogP contribution in [0.25, 0.3) is 0 Å². The van der Waals surface area contributed by atoms with Crippen molar-refractivity contribution < 1.29 is 19.1 Å². The van der Waals surface area contributed by atoms with Crippen molar-refractivity contribution in [3.63, 3.8) is 0 Å². The molecule has 6 nitrogen and oxygen atoms in total. The molecule has 150 valence electrons. The molecule has 2 amide bonds. The molecule has 28 heavy (non-hydrogen) atoms. The van der Waals surface area contributed by atoms with E-state index in [1.807, 2.05) is 31.2 Å². The molecule has 2 aromatic carbocycles. The summed E-state index contributed by atoms with van der Waals surface area (Å²) in [5, 5.41) is 0. The van der Waals surface area contributed by atoms with Crippen molar-refractivity contribution in [2.24, 2.45) is 0 Å². The molecule has 0 unspecified atom stereocenters. The van der Waals surface area contributed by atoms with Gasteiger partial charge in [0.25, 0.3) is 11.8 Å². The molecule has 2 rings (SSSR count). The van der Waals surface area contributed by atoms with E-state index in [0.717, 1.165) is 20.1 Å². The first-order valence-corrected chi connectivity index (χ1v) is 10.2. The number of amides is 2. The lowest BCUT2D eigenvalue weighted by Gasteiger charge is -2.16. The zero-order chi connectivity index (χ0) is 20.7. The second-order valence-electron chi connectivity index (χ2n) is 6.42. The predicted octanol–water partition coefficient (Wildman–Crippen LogP) is 4.25. The Morgan fingerprint density at radius 2 is 1.54 bits per heavy atom. The molecule has 0 aliphatic carbocycles. The highest BCUT2D eigenvalue weighted by Gasteiger charge is 2.13. The van der Waals surface area contributed by atoms with Crippen LogP contribution in [0.2, 0.25) is 0 Å². The van der Waals surface area contributed by atoms with Crippen molar-refractivity contribution >= 4 is 43.7 Å². The van der Waals surface area contributed by atoms with Crippen LogP contribution >= 0.6 is 31.9 Å². The summed E-state index contributed by atoms with van der Waals surface area (Å²) in [6.45, 7) is 5.62. The molecule has 0 heterocycles. The van der Waals surface area contributed by atoms with E-state index in [4.69, 9.17) is 9.47 Å². The van der Waals surface area contributed by atoms with Crippen LogP contribution in [0.1, 0.15) is 30.9 Å². The van der Waals surface area contributed by atoms with Gasteiger partial charge in [0.05, 0.1) is 0 Å². The third-order valence-electron chi connectivity index (χ3n) is 3.80. The van der Waals surface area contributed by atoms with Gasteiger partial charge in [-0.05, 0) is 60.4 Å². The quantitative estimate of drug-likeness (QED) is 0.542. The number of hydrogen-bond donors (Lipinski definition) is 2. The summed E-state index contributed by atoms with van der Waals surface area (Å²) in [6, 6.07) is 11.0. The third kappa shape index (κ3) is 6.83. The zero-order valence-electron chi connectivity index (χ0n) is 15.8. The Morgan fingerprint density at radius 3 is 2.11 bits per heavy atom. The number of benzene rings is 2. The molecule has 0 fully saturated rings. The Morgan fingerprint density at radius 1 is 0.964 bits per heavy atom. The minimum Gasteiger partial charge on any atom is -0.484 e. The summed E-state index contributed by atoms with van der Waals surface area (Å²) >= 11 is 6.83. The summed E-state index contributed by atoms with van der Waals surface area (Å²) in [5.41, 5.74) is 6.62. The van der Waals surface area contributed by atoms with Gasteiger partial charge in [-0.1, -0.05) is 45.7 Å². The Labute approximate surface area is 181 Å². The molecule has 2 aromatic rings. The summed E-state index contributed by atoms with van der Waals surface area (Å²) in [4.78, 5) is 23.7. The van der Waals surface area contributed by atoms with Gasteiger partial charge in [0.1, 0.15) is 11.5 Å². The SMILES string of the molecule is Cc1cc(OCC(=O)NNC(=O)COc2ccc(Br)cc2)c(C(C)C)cc1Br. The fraction of sp³-hybridized carbons (Fsp3) is 0.300. The van der Waals surface area contributed by atoms with Crippen LogP contribution in [-0.4, -0.2) is 25.0 Å². The van der Waals surface area contributed by atoms with E-state index in [-0.39, 0.29) is 19.1 Å². The fourth-order valence-electron chi connectivity index (χ4n) is 2.28. The van der Waals surface area contributed by atoms with Crippen LogP contribution in [0, 0.1) is 6.92 Å². The van der Waals surface area contributed by atoms with Crippen molar-refractivity contribution in [1.82, 2.24) is 10.9 Å². The number of hydrogen-bond acceptors (Lipinski definition) is 4. The first kappa shape index (κ1) is 22.2. The van der Waals surface area contributed by atoms with Gasteiger partial charge in [0.2, 0.25) is 0 Å². The molecule has 8 heteroatoms. The van der Waals surface area contributed by atoms with Crippen LogP contribution in [0.15, 0.2) is 45.3 Å². The summed E-state index contributed by atoms with van der Waals surface area (Å²) in [5.74, 6) is 0.506. The lowest BCUT2D eigenvalue weighted by Crippen LogP contribution is -2.45. The van der Waals surface area contributed by atoms with E-state index < -0.39 is 11.8 Å². The van der Waals surface area contributed by atoms with Crippen LogP contribution in [0.4, 0.5) is 0 Å². The van der Waals surface area contributed by atoms with Crippen molar-refractivity contribution in [1.29, 1.82) is 0 Å². The minimum atomic E-state index is -0.473. The lowest BCUT2D eigenvalue weighted by molar-refractivity contribution is -0.131. The zero-order valence-corrected chi connectivity index (χ0v) is 19.0. The smallest absolute Gasteiger partial charge is 0.276 e. The van der Waals surface area contributed by atoms with E-state index in [2.05, 4.69) is 56.6 Å². The first-order chi connectivity index (χ1) is 13.3. The average Bonchev–Trinajstić information content (AvgIpc) is 2.66. The Hall–Kier alpha value is -2.06. The number of rotatable bonds is 7. The van der Waals surface area contributed by atoms with Crippen molar-refractivity contribution in [3.05, 3.63) is 56.5 Å². The molecule has 0 aromatic heterocycles. The van der Waals surface area contributed by atoms with Gasteiger partial charge in [0.15, 0.2) is 13.2 Å². The standard InChI is InChI=1S/C20H22Br2N2O4/c1-12(2)16-9-17(22)13(3)8-18(16)28-11-20(26)24-23-19(25)10-27-15-6-4-14(21)5-7-15/h4-9,12H,10-11H2,1-3H3,(H,23,25)(H,24,26). The molecule has 0 aliphatic heterocycles. The lowest BCUT2D eigenvalue weighted by atomic mass is 10.0. The van der Waals surface area contributed by atoms with Gasteiger partial charge in [-0.25, -0.2) is 0 Å². The molecular weight excluding hydrogens is 492 g/mol. The number of ether oxygens (including phenoxy) is 2. The molecular formula is C20H22Br2N2O4. The molecule has 0 saturated carbocycles. The van der Waals surface area contributed by atoms with Gasteiger partial charge >= 0.3 is 0 Å². The highest BCUT2D eigenvalue weighted by molar-refractivity contribution is 9.10. The van der Waals surface area contributed by atoms with Crippen molar-refractivity contribution in [2.75, 3.05) is 13.2 Å². The highest BCUT2D eigenvalue weighted by atomic mass is 79.9. The van der Waals surface area contributed by atoms with Crippen LogP contribution < -0.4 is 20.3 Å².